The highest BCUT2D eigenvalue weighted by atomic mass is 16.5. The summed E-state index contributed by atoms with van der Waals surface area (Å²) in [5.41, 5.74) is 0.808. The van der Waals surface area contributed by atoms with Gasteiger partial charge in [-0.1, -0.05) is 0 Å². The summed E-state index contributed by atoms with van der Waals surface area (Å²) in [7, 11) is 0. The van der Waals surface area contributed by atoms with Crippen LogP contribution in [0.2, 0.25) is 0 Å². The van der Waals surface area contributed by atoms with Crippen LogP contribution in [0.4, 0.5) is 0 Å². The molecule has 5 heteroatoms. The molecule has 0 aliphatic carbocycles. The first-order valence-corrected chi connectivity index (χ1v) is 5.33. The second kappa shape index (κ2) is 4.94. The van der Waals surface area contributed by atoms with Crippen molar-refractivity contribution < 1.29 is 14.3 Å². The lowest BCUT2D eigenvalue weighted by atomic mass is 10.2. The second-order valence-electron chi connectivity index (χ2n) is 3.79. The van der Waals surface area contributed by atoms with Gasteiger partial charge in [-0.05, 0) is 25.0 Å². The van der Waals surface area contributed by atoms with Gasteiger partial charge in [-0.25, -0.2) is 0 Å². The molecule has 2 N–H and O–H groups in total. The standard InChI is InChI=1S/C11H14N2O3/c14-7-8-3-4-10(13-8)11(15)12-6-9-2-1-5-16-9/h3-4,7,9,13H,1-2,5-6H2,(H,12,15). The molecule has 1 aromatic rings. The van der Waals surface area contributed by atoms with Gasteiger partial charge in [0.15, 0.2) is 6.29 Å². The maximum absolute atomic E-state index is 11.6. The van der Waals surface area contributed by atoms with Gasteiger partial charge in [0.2, 0.25) is 0 Å². The van der Waals surface area contributed by atoms with E-state index in [-0.39, 0.29) is 12.0 Å². The van der Waals surface area contributed by atoms with E-state index in [1.807, 2.05) is 0 Å². The minimum atomic E-state index is -0.205. The van der Waals surface area contributed by atoms with Gasteiger partial charge in [0.25, 0.3) is 5.91 Å². The molecule has 1 aromatic heterocycles. The highest BCUT2D eigenvalue weighted by molar-refractivity contribution is 5.93. The molecule has 86 valence electrons. The Labute approximate surface area is 93.2 Å². The zero-order chi connectivity index (χ0) is 11.4. The number of carbonyl (C=O) groups excluding carboxylic acids is 2. The van der Waals surface area contributed by atoms with Gasteiger partial charge in [0.05, 0.1) is 11.8 Å². The van der Waals surface area contributed by atoms with E-state index in [0.29, 0.717) is 24.2 Å². The summed E-state index contributed by atoms with van der Waals surface area (Å²) < 4.78 is 5.38. The van der Waals surface area contributed by atoms with Crippen molar-refractivity contribution in [1.82, 2.24) is 10.3 Å². The van der Waals surface area contributed by atoms with Crippen LogP contribution in [-0.4, -0.2) is 36.4 Å². The van der Waals surface area contributed by atoms with Gasteiger partial charge in [-0.3, -0.25) is 9.59 Å². The van der Waals surface area contributed by atoms with E-state index in [2.05, 4.69) is 10.3 Å². The number of aromatic nitrogens is 1. The predicted octanol–water partition coefficient (Wildman–Crippen LogP) is 0.736. The van der Waals surface area contributed by atoms with Crippen LogP contribution in [0, 0.1) is 0 Å². The van der Waals surface area contributed by atoms with Gasteiger partial charge in [-0.2, -0.15) is 0 Å². The smallest absolute Gasteiger partial charge is 0.267 e. The van der Waals surface area contributed by atoms with Crippen LogP contribution in [0.3, 0.4) is 0 Å². The molecule has 16 heavy (non-hydrogen) atoms. The van der Waals surface area contributed by atoms with Crippen LogP contribution in [0.15, 0.2) is 12.1 Å². The number of carbonyl (C=O) groups is 2. The molecule has 1 aliphatic rings. The quantitative estimate of drug-likeness (QED) is 0.738. The van der Waals surface area contributed by atoms with Crippen molar-refractivity contribution in [3.05, 3.63) is 23.5 Å². The second-order valence-corrected chi connectivity index (χ2v) is 3.79. The van der Waals surface area contributed by atoms with Crippen molar-refractivity contribution in [2.24, 2.45) is 0 Å². The van der Waals surface area contributed by atoms with E-state index in [4.69, 9.17) is 4.74 Å². The summed E-state index contributed by atoms with van der Waals surface area (Å²) in [5, 5.41) is 2.77. The van der Waals surface area contributed by atoms with Crippen molar-refractivity contribution in [3.63, 3.8) is 0 Å². The Balaban J connectivity index is 1.84. The molecule has 1 saturated heterocycles. The minimum Gasteiger partial charge on any atom is -0.376 e. The third kappa shape index (κ3) is 2.49. The van der Waals surface area contributed by atoms with Crippen molar-refractivity contribution in [2.45, 2.75) is 18.9 Å². The van der Waals surface area contributed by atoms with Crippen LogP contribution < -0.4 is 5.32 Å². The summed E-state index contributed by atoms with van der Waals surface area (Å²) in [6.45, 7) is 1.30. The van der Waals surface area contributed by atoms with Crippen molar-refractivity contribution >= 4 is 12.2 Å². The molecule has 0 aromatic carbocycles. The van der Waals surface area contributed by atoms with Gasteiger partial charge in [0, 0.05) is 13.2 Å². The number of hydrogen-bond acceptors (Lipinski definition) is 3. The van der Waals surface area contributed by atoms with Crippen molar-refractivity contribution in [3.8, 4) is 0 Å². The predicted molar refractivity (Wildman–Crippen MR) is 57.5 cm³/mol. The third-order valence-corrected chi connectivity index (χ3v) is 2.59. The Morgan fingerprint density at radius 2 is 2.50 bits per heavy atom. The number of aromatic amines is 1. The maximum atomic E-state index is 11.6. The Morgan fingerprint density at radius 3 is 3.12 bits per heavy atom. The zero-order valence-corrected chi connectivity index (χ0v) is 8.86. The summed E-state index contributed by atoms with van der Waals surface area (Å²) in [5.74, 6) is -0.205. The topological polar surface area (TPSA) is 71.2 Å². The number of amides is 1. The molecule has 0 spiro atoms. The average Bonchev–Trinajstić information content (AvgIpc) is 2.96. The molecule has 0 saturated carbocycles. The van der Waals surface area contributed by atoms with Crippen molar-refractivity contribution in [2.75, 3.05) is 13.2 Å². The SMILES string of the molecule is O=Cc1ccc(C(=O)NCC2CCCO2)[nH]1. The van der Waals surface area contributed by atoms with Crippen LogP contribution in [0.1, 0.15) is 33.8 Å². The van der Waals surface area contributed by atoms with Crippen LogP contribution in [0.25, 0.3) is 0 Å². The Hall–Kier alpha value is -1.62. The first-order valence-electron chi connectivity index (χ1n) is 5.33. The van der Waals surface area contributed by atoms with E-state index < -0.39 is 0 Å². The fourth-order valence-electron chi connectivity index (χ4n) is 1.72. The highest BCUT2D eigenvalue weighted by Gasteiger charge is 2.17. The number of nitrogens with one attached hydrogen (secondary N) is 2. The van der Waals surface area contributed by atoms with Crippen LogP contribution in [-0.2, 0) is 4.74 Å². The molecule has 2 heterocycles. The molecule has 1 aliphatic heterocycles. The van der Waals surface area contributed by atoms with Crippen molar-refractivity contribution in [1.29, 1.82) is 0 Å². The number of aldehydes is 1. The van der Waals surface area contributed by atoms with E-state index in [1.165, 1.54) is 0 Å². The molecule has 1 atom stereocenters. The summed E-state index contributed by atoms with van der Waals surface area (Å²) in [6.07, 6.45) is 2.85. The molecule has 5 nitrogen and oxygen atoms in total. The van der Waals surface area contributed by atoms with Gasteiger partial charge < -0.3 is 15.0 Å². The maximum Gasteiger partial charge on any atom is 0.267 e. The molecule has 1 fully saturated rings. The first-order chi connectivity index (χ1) is 7.79. The number of hydrogen-bond donors (Lipinski definition) is 2. The molecular formula is C11H14N2O3. The number of H-pyrrole nitrogens is 1. The van der Waals surface area contributed by atoms with E-state index in [9.17, 15) is 9.59 Å². The lowest BCUT2D eigenvalue weighted by Crippen LogP contribution is -2.31. The Bertz CT molecular complexity index is 380. The van der Waals surface area contributed by atoms with Crippen LogP contribution >= 0.6 is 0 Å². The Morgan fingerprint density at radius 1 is 1.62 bits per heavy atom. The van der Waals surface area contributed by atoms with Gasteiger partial charge in [0.1, 0.15) is 5.69 Å². The average molecular weight is 222 g/mol. The molecular weight excluding hydrogens is 208 g/mol. The van der Waals surface area contributed by atoms with Gasteiger partial charge >= 0.3 is 0 Å². The first kappa shape index (κ1) is 10.9. The summed E-state index contributed by atoms with van der Waals surface area (Å²) in [4.78, 5) is 24.8. The molecule has 0 bridgehead atoms. The molecule has 2 rings (SSSR count). The van der Waals surface area contributed by atoms with E-state index in [1.54, 1.807) is 12.1 Å². The number of ether oxygens (including phenoxy) is 1. The lowest BCUT2D eigenvalue weighted by molar-refractivity contribution is 0.0854. The number of rotatable bonds is 4. The highest BCUT2D eigenvalue weighted by Crippen LogP contribution is 2.10. The third-order valence-electron chi connectivity index (χ3n) is 2.59. The fraction of sp³-hybridized carbons (Fsp3) is 0.455. The molecule has 0 radical (unpaired) electrons. The molecule has 1 unspecified atom stereocenters. The normalized spacial score (nSPS) is 19.6. The zero-order valence-electron chi connectivity index (χ0n) is 8.86. The summed E-state index contributed by atoms with van der Waals surface area (Å²) >= 11 is 0. The lowest BCUT2D eigenvalue weighted by Gasteiger charge is -2.09. The Kier molecular flexibility index (Phi) is 3.36. The fourth-order valence-corrected chi connectivity index (χ4v) is 1.72. The van der Waals surface area contributed by atoms with Crippen LogP contribution in [0.5, 0.6) is 0 Å². The van der Waals surface area contributed by atoms with E-state index in [0.717, 1.165) is 19.4 Å². The minimum absolute atomic E-state index is 0.129. The largest absolute Gasteiger partial charge is 0.376 e. The van der Waals surface area contributed by atoms with Gasteiger partial charge in [-0.15, -0.1) is 0 Å². The monoisotopic (exact) mass is 222 g/mol. The summed E-state index contributed by atoms with van der Waals surface area (Å²) in [6, 6.07) is 3.17. The molecule has 1 amide bonds. The van der Waals surface area contributed by atoms with E-state index >= 15 is 0 Å².